The van der Waals surface area contributed by atoms with Gasteiger partial charge >= 0.3 is 0 Å². The average Bonchev–Trinajstić information content (AvgIpc) is 3.04. The minimum atomic E-state index is -1.23. The van der Waals surface area contributed by atoms with Crippen molar-refractivity contribution in [2.24, 2.45) is 0 Å². The van der Waals surface area contributed by atoms with E-state index in [0.717, 1.165) is 21.9 Å². The molecule has 1 aliphatic carbocycles. The van der Waals surface area contributed by atoms with E-state index in [4.69, 9.17) is 4.74 Å². The predicted octanol–water partition coefficient (Wildman–Crippen LogP) is 7.61. The maximum Gasteiger partial charge on any atom is 0.253 e. The molecule has 0 unspecified atom stereocenters. The molecule has 1 nitrogen and oxygen atoms in total. The third-order valence-corrected chi connectivity index (χ3v) is 44.3. The van der Waals surface area contributed by atoms with Crippen molar-refractivity contribution in [3.63, 3.8) is 0 Å². The third-order valence-electron chi connectivity index (χ3n) is 7.70. The Bertz CT molecular complexity index is 392. The summed E-state index contributed by atoms with van der Waals surface area (Å²) in [5, 5.41) is 0. The van der Waals surface area contributed by atoms with Gasteiger partial charge in [0, 0.05) is 37.4 Å². The molecule has 2 rings (SSSR count). The second-order valence-corrected chi connectivity index (χ2v) is 33.9. The van der Waals surface area contributed by atoms with Gasteiger partial charge in [-0.05, 0) is 18.4 Å². The first kappa shape index (κ1) is 25.2. The Morgan fingerprint density at radius 2 is 1.12 bits per heavy atom. The zero-order chi connectivity index (χ0) is 20.2. The fourth-order valence-electron chi connectivity index (χ4n) is 8.19. The van der Waals surface area contributed by atoms with Crippen LogP contribution in [0.3, 0.4) is 0 Å². The minimum absolute atomic E-state index is 0.682. The summed E-state index contributed by atoms with van der Waals surface area (Å²) in [6.45, 7) is 24.1. The summed E-state index contributed by atoms with van der Waals surface area (Å²) in [4.78, 5) is 0. The van der Waals surface area contributed by atoms with E-state index >= 15 is 0 Å². The largest absolute Gasteiger partial charge is 0.381 e. The van der Waals surface area contributed by atoms with Gasteiger partial charge in [0.2, 0.25) is 0 Å². The van der Waals surface area contributed by atoms with Gasteiger partial charge in [-0.3, -0.25) is 0 Å². The van der Waals surface area contributed by atoms with Crippen LogP contribution < -0.4 is 0 Å². The Hall–Kier alpha value is 1.14. The number of hydrogen-bond acceptors (Lipinski definition) is 1. The molecule has 0 amide bonds. The molecule has 2 aliphatic rings. The molecule has 0 aromatic heterocycles. The fraction of sp³-hybridized carbons (Fsp3) is 1.00. The molecule has 0 bridgehead atoms. The lowest BCUT2D eigenvalue weighted by molar-refractivity contribution is 0.198. The second kappa shape index (κ2) is 9.76. The highest BCUT2D eigenvalue weighted by atomic mass is 28.5. The topological polar surface area (TPSA) is 9.23 Å². The van der Waals surface area contributed by atoms with E-state index in [1.807, 2.05) is 0 Å². The van der Waals surface area contributed by atoms with Gasteiger partial charge in [-0.25, -0.2) is 0 Å². The smallest absolute Gasteiger partial charge is 0.253 e. The highest BCUT2D eigenvalue weighted by Crippen LogP contribution is 2.60. The van der Waals surface area contributed by atoms with E-state index in [9.17, 15) is 0 Å². The summed E-state index contributed by atoms with van der Waals surface area (Å²) < 4.78 is 5.83. The Morgan fingerprint density at radius 3 is 1.38 bits per heavy atom. The van der Waals surface area contributed by atoms with Crippen LogP contribution in [-0.4, -0.2) is 51.6 Å². The first-order chi connectivity index (χ1) is 11.8. The zero-order valence-corrected chi connectivity index (χ0v) is 24.1. The molecule has 0 aromatic rings. The first-order valence-electron chi connectivity index (χ1n) is 11.4. The van der Waals surface area contributed by atoms with Gasteiger partial charge in [-0.2, -0.15) is 0 Å². The first-order valence-corrected chi connectivity index (χ1v) is 24.3. The summed E-state index contributed by atoms with van der Waals surface area (Å²) in [5.41, 5.74) is 1.12. The molecule has 1 heterocycles. The Balaban J connectivity index is 0.000000577. The van der Waals surface area contributed by atoms with Crippen LogP contribution >= 0.6 is 0 Å². The molecule has 154 valence electrons. The summed E-state index contributed by atoms with van der Waals surface area (Å²) in [5.74, 6) is 5.43. The van der Waals surface area contributed by atoms with E-state index in [0.29, 0.717) is 0 Å². The number of ether oxygens (including phenoxy) is 1. The molecule has 0 spiro atoms. The van der Waals surface area contributed by atoms with E-state index in [1.165, 1.54) is 32.1 Å². The molecule has 0 N–H and O–H groups in total. The van der Waals surface area contributed by atoms with Crippen LogP contribution in [0.5, 0.6) is 0 Å². The highest BCUT2D eigenvalue weighted by Gasteiger charge is 2.65. The lowest BCUT2D eigenvalue weighted by Crippen LogP contribution is -2.73. The summed E-state index contributed by atoms with van der Waals surface area (Å²) in [6, 6.07) is 0. The van der Waals surface area contributed by atoms with Crippen LogP contribution in [0.15, 0.2) is 0 Å². The second-order valence-electron chi connectivity index (χ2n) is 11.8. The number of rotatable bonds is 5. The van der Waals surface area contributed by atoms with Crippen molar-refractivity contribution in [2.75, 3.05) is 13.2 Å². The lowest BCUT2D eigenvalue weighted by atomic mass is 10.0. The quantitative estimate of drug-likeness (QED) is 0.409. The molecule has 26 heavy (non-hydrogen) atoms. The zero-order valence-electron chi connectivity index (χ0n) is 19.9. The minimum Gasteiger partial charge on any atom is -0.381 e. The Morgan fingerprint density at radius 1 is 0.692 bits per heavy atom. The van der Waals surface area contributed by atoms with E-state index in [-0.39, 0.29) is 0 Å². The molecule has 1 aliphatic heterocycles. The molecular formula is C21H49AlOSi3. The van der Waals surface area contributed by atoms with Gasteiger partial charge in [-0.15, -0.1) is 11.6 Å². The van der Waals surface area contributed by atoms with E-state index in [1.54, 1.807) is 12.8 Å². The summed E-state index contributed by atoms with van der Waals surface area (Å²) in [6.07, 6.45) is 10.2. The number of hydrogen-bond donors (Lipinski definition) is 0. The fourth-order valence-corrected chi connectivity index (χ4v) is 56.9. The monoisotopic (exact) mass is 428 g/mol. The van der Waals surface area contributed by atoms with Gasteiger partial charge in [0.25, 0.3) is 14.1 Å². The van der Waals surface area contributed by atoms with Crippen LogP contribution in [-0.2, 0) is 4.74 Å². The molecule has 0 radical (unpaired) electrons. The van der Waals surface area contributed by atoms with Crippen LogP contribution in [0.2, 0.25) is 72.6 Å². The van der Waals surface area contributed by atoms with Crippen molar-refractivity contribution >= 4 is 38.4 Å². The Kier molecular flexibility index (Phi) is 9.46. The molecule has 2 fully saturated rings. The third kappa shape index (κ3) is 5.19. The molecule has 0 aromatic carbocycles. The van der Waals surface area contributed by atoms with Crippen LogP contribution in [0.25, 0.3) is 0 Å². The van der Waals surface area contributed by atoms with Gasteiger partial charge in [0.1, 0.15) is 0 Å². The van der Waals surface area contributed by atoms with Crippen LogP contribution in [0.1, 0.15) is 44.9 Å². The van der Waals surface area contributed by atoms with Gasteiger partial charge in [-0.1, -0.05) is 87.6 Å². The Labute approximate surface area is 173 Å². The normalized spacial score (nSPS) is 20.5. The maximum absolute atomic E-state index is 4.94. The summed E-state index contributed by atoms with van der Waals surface area (Å²) in [7, 11) is -3.57. The van der Waals surface area contributed by atoms with E-state index < -0.39 is 38.4 Å². The summed E-state index contributed by atoms with van der Waals surface area (Å²) >= 11 is -0.682. The van der Waals surface area contributed by atoms with Gasteiger partial charge in [0.15, 0.2) is 0 Å². The van der Waals surface area contributed by atoms with Crippen molar-refractivity contribution in [1.82, 2.24) is 0 Å². The average molecular weight is 429 g/mol. The van der Waals surface area contributed by atoms with Gasteiger partial charge < -0.3 is 4.74 Å². The van der Waals surface area contributed by atoms with Crippen molar-refractivity contribution in [3.8, 4) is 0 Å². The SMILES string of the molecule is C1CCOC1.[CH3][Al]([CH3])[C]([Si](C)(C)C)([Si](C)(C)C)[Si](C)(C)C1CCCCC1. The molecule has 1 saturated carbocycles. The predicted molar refractivity (Wildman–Crippen MR) is 131 cm³/mol. The van der Waals surface area contributed by atoms with Crippen molar-refractivity contribution < 1.29 is 4.74 Å². The standard InChI is InChI=1S/C15H35Si3.C4H8O.2CH3.Al/c1-16(2,3)15(17(4,5)6)18(7,8)14-12-10-9-11-13-14;1-2-4-5-3-1;;;/h14H,9-13H2,1-8H3;1-4H2;2*1H3;. The van der Waals surface area contributed by atoms with Crippen molar-refractivity contribution in [2.45, 2.75) is 118 Å². The van der Waals surface area contributed by atoms with Crippen LogP contribution in [0, 0.1) is 0 Å². The van der Waals surface area contributed by atoms with E-state index in [2.05, 4.69) is 63.9 Å². The maximum atomic E-state index is 4.94. The van der Waals surface area contributed by atoms with Crippen LogP contribution in [0.4, 0.5) is 0 Å². The van der Waals surface area contributed by atoms with Gasteiger partial charge in [0.05, 0.1) is 0 Å². The van der Waals surface area contributed by atoms with Crippen molar-refractivity contribution in [3.05, 3.63) is 0 Å². The molecular weight excluding hydrogens is 379 g/mol. The van der Waals surface area contributed by atoms with Crippen molar-refractivity contribution in [1.29, 1.82) is 0 Å². The molecule has 5 heteroatoms. The lowest BCUT2D eigenvalue weighted by Gasteiger charge is -2.65. The highest BCUT2D eigenvalue weighted by molar-refractivity contribution is 7.26. The molecule has 1 saturated heterocycles. The molecule has 0 atom stereocenters.